The summed E-state index contributed by atoms with van der Waals surface area (Å²) < 4.78 is 81.1. The Morgan fingerprint density at radius 3 is 1.26 bits per heavy atom. The first-order valence-electron chi connectivity index (χ1n) is 9.01. The first-order chi connectivity index (χ1) is 15.7. The average Bonchev–Trinajstić information content (AvgIpc) is 2.75. The number of rotatable bonds is 6. The number of hydrogen-bond acceptors (Lipinski definition) is 4. The third-order valence-corrected chi connectivity index (χ3v) is 3.84. The number of alkyl halides is 6. The Labute approximate surface area is 196 Å². The van der Waals surface area contributed by atoms with Gasteiger partial charge in [0.2, 0.25) is 0 Å². The molecule has 0 fully saturated rings. The number of methoxy groups -OCH3 is 2. The molecule has 2 rings (SSSR count). The van der Waals surface area contributed by atoms with Crippen LogP contribution in [0, 0.1) is 0 Å². The average molecular weight is 508 g/mol. The highest BCUT2D eigenvalue weighted by Gasteiger charge is 2.22. The molecule has 2 aromatic rings. The van der Waals surface area contributed by atoms with E-state index in [1.165, 1.54) is 50.6 Å². The molecule has 0 aliphatic rings. The van der Waals surface area contributed by atoms with Gasteiger partial charge >= 0.3 is 24.3 Å². The molecule has 0 aromatic heterocycles. The summed E-state index contributed by atoms with van der Waals surface area (Å²) in [6, 6.07) is 7.38. The highest BCUT2D eigenvalue weighted by molar-refractivity contribution is 5.91. The van der Waals surface area contributed by atoms with E-state index in [2.05, 4.69) is 0 Å². The zero-order valence-electron chi connectivity index (χ0n) is 17.6. The molecular weight excluding hydrogens is 486 g/mol. The topological polar surface area (TPSA) is 93.1 Å². The fraction of sp³-hybridized carbons (Fsp3) is 0.217. The van der Waals surface area contributed by atoms with Gasteiger partial charge in [-0.3, -0.25) is 0 Å². The van der Waals surface area contributed by atoms with Gasteiger partial charge in [0.15, 0.2) is 0 Å². The molecule has 0 aliphatic carbocycles. The highest BCUT2D eigenvalue weighted by atomic mass is 19.4. The zero-order valence-corrected chi connectivity index (χ0v) is 17.6. The van der Waals surface area contributed by atoms with E-state index in [0.29, 0.717) is 0 Å². The Hall–Kier alpha value is -3.96. The van der Waals surface area contributed by atoms with Crippen LogP contribution < -0.4 is 9.47 Å². The van der Waals surface area contributed by atoms with E-state index in [1.807, 2.05) is 0 Å². The van der Waals surface area contributed by atoms with Gasteiger partial charge < -0.3 is 19.7 Å². The summed E-state index contributed by atoms with van der Waals surface area (Å²) in [6.07, 6.45) is -6.98. The normalized spacial score (nSPS) is 11.4. The molecule has 0 radical (unpaired) electrons. The van der Waals surface area contributed by atoms with Gasteiger partial charge in [-0.1, -0.05) is 19.6 Å². The Morgan fingerprint density at radius 1 is 0.714 bits per heavy atom. The van der Waals surface area contributed by atoms with E-state index in [4.69, 9.17) is 19.7 Å². The lowest BCUT2D eigenvalue weighted by Gasteiger charge is -2.05. The van der Waals surface area contributed by atoms with Crippen LogP contribution in [0.4, 0.5) is 26.3 Å². The fourth-order valence-electron chi connectivity index (χ4n) is 2.36. The van der Waals surface area contributed by atoms with Crippen LogP contribution in [-0.2, 0) is 0 Å². The van der Waals surface area contributed by atoms with E-state index in [9.17, 15) is 35.9 Å². The lowest BCUT2D eigenvalue weighted by molar-refractivity contribution is -0.0800. The Balaban J connectivity index is 0.000000642. The molecule has 0 saturated heterocycles. The highest BCUT2D eigenvalue weighted by Crippen LogP contribution is 2.24. The molecule has 0 unspecified atom stereocenters. The molecule has 0 aliphatic heterocycles. The summed E-state index contributed by atoms with van der Waals surface area (Å²) in [6.45, 7) is 0. The lowest BCUT2D eigenvalue weighted by atomic mass is 10.1. The maximum Gasteiger partial charge on any atom is 0.409 e. The van der Waals surface area contributed by atoms with Crippen LogP contribution in [0.2, 0.25) is 0 Å². The number of carboxylic acids is 2. The van der Waals surface area contributed by atoms with Crippen molar-refractivity contribution in [2.45, 2.75) is 19.8 Å². The molecule has 0 bridgehead atoms. The van der Waals surface area contributed by atoms with Crippen molar-refractivity contribution >= 4 is 24.1 Å². The number of allylic oxidation sites excluding steroid dienone is 2. The number of hydrogen-bond donors (Lipinski definition) is 2. The molecule has 6 nitrogen and oxygen atoms in total. The molecular formula is C23H22F6O6. The Bertz CT molecular complexity index is 986. The van der Waals surface area contributed by atoms with Gasteiger partial charge in [-0.15, -0.1) is 0 Å². The second-order valence-electron chi connectivity index (χ2n) is 6.28. The van der Waals surface area contributed by atoms with Crippen LogP contribution in [0.5, 0.6) is 11.5 Å². The third kappa shape index (κ3) is 11.1. The quantitative estimate of drug-likeness (QED) is 0.429. The predicted molar refractivity (Wildman–Crippen MR) is 117 cm³/mol. The number of carbonyl (C=O) groups is 2. The summed E-state index contributed by atoms with van der Waals surface area (Å²) in [7, 11) is 2.50. The molecule has 0 heterocycles. The van der Waals surface area contributed by atoms with Crippen LogP contribution in [-0.4, -0.2) is 48.7 Å². The third-order valence-electron chi connectivity index (χ3n) is 3.84. The molecule has 35 heavy (non-hydrogen) atoms. The summed E-state index contributed by atoms with van der Waals surface area (Å²) >= 11 is 0. The second kappa shape index (κ2) is 13.1. The first kappa shape index (κ1) is 31.0. The van der Waals surface area contributed by atoms with Crippen molar-refractivity contribution in [3.05, 3.63) is 70.8 Å². The number of halogens is 6. The van der Waals surface area contributed by atoms with E-state index in [0.717, 1.165) is 12.2 Å². The SMILES string of the molecule is C.COc1cc(/C=C/C(F)(F)F)ccc1C(=O)O.COc1cc(/C=C\C(F)(F)F)ccc1C(=O)O. The van der Waals surface area contributed by atoms with Crippen molar-refractivity contribution in [3.8, 4) is 11.5 Å². The van der Waals surface area contributed by atoms with E-state index >= 15 is 0 Å². The van der Waals surface area contributed by atoms with E-state index < -0.39 is 24.3 Å². The van der Waals surface area contributed by atoms with Gasteiger partial charge in [-0.05, 0) is 47.5 Å². The molecule has 12 heteroatoms. The summed E-state index contributed by atoms with van der Waals surface area (Å²) in [4.78, 5) is 21.5. The minimum atomic E-state index is -4.40. The second-order valence-corrected chi connectivity index (χ2v) is 6.28. The van der Waals surface area contributed by atoms with Crippen molar-refractivity contribution in [2.75, 3.05) is 14.2 Å². The van der Waals surface area contributed by atoms with Crippen LogP contribution in [0.3, 0.4) is 0 Å². The van der Waals surface area contributed by atoms with Gasteiger partial charge in [0.05, 0.1) is 14.2 Å². The van der Waals surface area contributed by atoms with Gasteiger partial charge in [-0.25, -0.2) is 9.59 Å². The van der Waals surface area contributed by atoms with Crippen LogP contribution in [0.15, 0.2) is 48.6 Å². The molecule has 0 saturated carbocycles. The molecule has 0 spiro atoms. The lowest BCUT2D eigenvalue weighted by Crippen LogP contribution is -2.01. The van der Waals surface area contributed by atoms with Crippen molar-refractivity contribution in [1.29, 1.82) is 0 Å². The number of carboxylic acid groups (broad SMARTS) is 2. The van der Waals surface area contributed by atoms with Crippen molar-refractivity contribution in [2.24, 2.45) is 0 Å². The summed E-state index contributed by atoms with van der Waals surface area (Å²) in [5.41, 5.74) is 0.224. The van der Waals surface area contributed by atoms with Crippen molar-refractivity contribution < 1.29 is 55.6 Å². The molecule has 0 atom stereocenters. The summed E-state index contributed by atoms with van der Waals surface area (Å²) in [5.74, 6) is -2.37. The molecule has 192 valence electrons. The summed E-state index contributed by atoms with van der Waals surface area (Å²) in [5, 5.41) is 17.5. The Kier molecular flexibility index (Phi) is 11.6. The maximum atomic E-state index is 11.9. The smallest absolute Gasteiger partial charge is 0.409 e. The van der Waals surface area contributed by atoms with E-state index in [-0.39, 0.29) is 53.3 Å². The van der Waals surface area contributed by atoms with Crippen LogP contribution >= 0.6 is 0 Å². The standard InChI is InChI=1S/2C11H9F3O3.CH4/c2*1-17-9-6-7(4-5-11(12,13)14)2-3-8(9)10(15)16;/h2*2-6H,1H3,(H,15,16);1H4/b5-4+;5-4-;. The number of ether oxygens (including phenoxy) is 2. The number of benzene rings is 2. The van der Waals surface area contributed by atoms with Gasteiger partial charge in [-0.2, -0.15) is 26.3 Å². The van der Waals surface area contributed by atoms with Gasteiger partial charge in [0.25, 0.3) is 0 Å². The van der Waals surface area contributed by atoms with Crippen LogP contribution in [0.1, 0.15) is 39.3 Å². The predicted octanol–water partition coefficient (Wildman–Crippen LogP) is 6.57. The Morgan fingerprint density at radius 2 is 1.03 bits per heavy atom. The minimum absolute atomic E-state index is 0. The van der Waals surface area contributed by atoms with Crippen LogP contribution in [0.25, 0.3) is 12.2 Å². The van der Waals surface area contributed by atoms with E-state index in [1.54, 1.807) is 0 Å². The maximum absolute atomic E-state index is 11.9. The minimum Gasteiger partial charge on any atom is -0.496 e. The fourth-order valence-corrected chi connectivity index (χ4v) is 2.36. The van der Waals surface area contributed by atoms with Crippen molar-refractivity contribution in [3.63, 3.8) is 0 Å². The molecule has 2 N–H and O–H groups in total. The first-order valence-corrected chi connectivity index (χ1v) is 9.01. The molecule has 2 aromatic carbocycles. The zero-order chi connectivity index (χ0) is 26.1. The molecule has 0 amide bonds. The monoisotopic (exact) mass is 508 g/mol. The number of aromatic carboxylic acids is 2. The largest absolute Gasteiger partial charge is 0.496 e. The van der Waals surface area contributed by atoms with Gasteiger partial charge in [0, 0.05) is 12.2 Å². The van der Waals surface area contributed by atoms with Gasteiger partial charge in [0.1, 0.15) is 22.6 Å². The van der Waals surface area contributed by atoms with Crippen molar-refractivity contribution in [1.82, 2.24) is 0 Å².